The Morgan fingerprint density at radius 3 is 1.04 bits per heavy atom. The smallest absolute Gasteiger partial charge is 0.410 e. The van der Waals surface area contributed by atoms with Crippen molar-refractivity contribution in [2.24, 2.45) is 0 Å². The number of amides is 4. The van der Waals surface area contributed by atoms with Crippen molar-refractivity contribution in [3.05, 3.63) is 0 Å². The fourth-order valence-corrected chi connectivity index (χ4v) is 4.97. The zero-order valence-electron chi connectivity index (χ0n) is 35.5. The highest BCUT2D eigenvalue weighted by molar-refractivity contribution is 5.76. The predicted octanol–water partition coefficient (Wildman–Crippen LogP) is 5.83. The van der Waals surface area contributed by atoms with E-state index in [4.69, 9.17) is 18.9 Å². The molecule has 0 aromatic rings. The van der Waals surface area contributed by atoms with Gasteiger partial charge in [0.1, 0.15) is 28.9 Å². The number of unbranched alkanes of at least 4 members (excludes halogenated alkanes) is 1. The van der Waals surface area contributed by atoms with Gasteiger partial charge in [-0.05, 0) is 161 Å². The van der Waals surface area contributed by atoms with Gasteiger partial charge in [0.05, 0.1) is 0 Å². The lowest BCUT2D eigenvalue weighted by atomic mass is 10.2. The molecule has 0 saturated heterocycles. The Morgan fingerprint density at radius 1 is 0.444 bits per heavy atom. The molecule has 0 radical (unpaired) electrons. The molecule has 4 amide bonds. The van der Waals surface area contributed by atoms with E-state index in [1.165, 1.54) is 4.90 Å². The summed E-state index contributed by atoms with van der Waals surface area (Å²) in [5.74, 6) is -1.11. The van der Waals surface area contributed by atoms with Crippen LogP contribution < -0.4 is 16.0 Å². The van der Waals surface area contributed by atoms with Gasteiger partial charge in [-0.3, -0.25) is 9.69 Å². The molecule has 0 aromatic carbocycles. The first-order chi connectivity index (χ1) is 24.7. The van der Waals surface area contributed by atoms with Gasteiger partial charge < -0.3 is 49.8 Å². The molecule has 4 N–H and O–H groups in total. The molecule has 0 fully saturated rings. The summed E-state index contributed by atoms with van der Waals surface area (Å²) in [6.45, 7) is 27.0. The van der Waals surface area contributed by atoms with Crippen molar-refractivity contribution in [2.45, 2.75) is 144 Å². The average molecular weight is 775 g/mol. The molecule has 0 unspecified atom stereocenters. The summed E-state index contributed by atoms with van der Waals surface area (Å²) >= 11 is 0. The maximum atomic E-state index is 12.7. The Balaban J connectivity index is 5.36. The minimum Gasteiger partial charge on any atom is -0.480 e. The van der Waals surface area contributed by atoms with E-state index in [1.54, 1.807) is 20.8 Å². The Labute approximate surface area is 324 Å². The van der Waals surface area contributed by atoms with Gasteiger partial charge in [-0.25, -0.2) is 19.2 Å². The van der Waals surface area contributed by atoms with Crippen molar-refractivity contribution in [3.63, 3.8) is 0 Å². The van der Waals surface area contributed by atoms with Crippen molar-refractivity contribution >= 4 is 30.3 Å². The highest BCUT2D eigenvalue weighted by Gasteiger charge is 2.24. The lowest BCUT2D eigenvalue weighted by molar-refractivity contribution is -0.138. The molecular formula is C38H74N6O10. The molecule has 0 aliphatic rings. The van der Waals surface area contributed by atoms with Gasteiger partial charge in [0.2, 0.25) is 0 Å². The van der Waals surface area contributed by atoms with E-state index in [1.807, 2.05) is 62.3 Å². The maximum absolute atomic E-state index is 12.7. The van der Waals surface area contributed by atoms with E-state index < -0.39 is 59.3 Å². The highest BCUT2D eigenvalue weighted by Crippen LogP contribution is 2.12. The molecule has 0 saturated carbocycles. The molecule has 316 valence electrons. The molecule has 16 nitrogen and oxygen atoms in total. The van der Waals surface area contributed by atoms with Crippen LogP contribution in [0.4, 0.5) is 19.2 Å². The molecule has 0 rings (SSSR count). The fourth-order valence-electron chi connectivity index (χ4n) is 4.97. The number of carboxylic acid groups (broad SMARTS) is 1. The van der Waals surface area contributed by atoms with Crippen molar-refractivity contribution in [2.75, 3.05) is 72.0 Å². The van der Waals surface area contributed by atoms with Crippen LogP contribution in [0.15, 0.2) is 0 Å². The predicted molar refractivity (Wildman–Crippen MR) is 209 cm³/mol. The monoisotopic (exact) mass is 775 g/mol. The third kappa shape index (κ3) is 31.9. The Bertz CT molecular complexity index is 1090. The Kier molecular flexibility index (Phi) is 23.2. The first-order valence-electron chi connectivity index (χ1n) is 19.3. The molecule has 0 aliphatic heterocycles. The van der Waals surface area contributed by atoms with Crippen LogP contribution in [0.25, 0.3) is 0 Å². The average Bonchev–Trinajstić information content (AvgIpc) is 2.96. The van der Waals surface area contributed by atoms with Crippen LogP contribution in [0, 0.1) is 0 Å². The summed E-state index contributed by atoms with van der Waals surface area (Å²) in [7, 11) is 0. The highest BCUT2D eigenvalue weighted by atomic mass is 16.6. The number of alkyl carbamates (subject to hydrolysis) is 3. The molecule has 0 heterocycles. The van der Waals surface area contributed by atoms with Gasteiger partial charge in [0.25, 0.3) is 0 Å². The minimum absolute atomic E-state index is 0.219. The number of aliphatic carboxylic acids is 1. The first kappa shape index (κ1) is 50.5. The van der Waals surface area contributed by atoms with E-state index >= 15 is 0 Å². The van der Waals surface area contributed by atoms with Gasteiger partial charge >= 0.3 is 30.3 Å². The third-order valence-electron chi connectivity index (χ3n) is 7.04. The number of ether oxygens (including phenoxy) is 4. The molecule has 16 heteroatoms. The number of carbonyl (C=O) groups is 5. The van der Waals surface area contributed by atoms with E-state index in [-0.39, 0.29) is 6.54 Å². The normalized spacial score (nSPS) is 12.3. The van der Waals surface area contributed by atoms with E-state index in [2.05, 4.69) is 25.8 Å². The number of hydrogen-bond donors (Lipinski definition) is 4. The van der Waals surface area contributed by atoms with Gasteiger partial charge in [-0.2, -0.15) is 0 Å². The summed E-state index contributed by atoms with van der Waals surface area (Å²) in [5, 5.41) is 17.8. The maximum Gasteiger partial charge on any atom is 0.410 e. The summed E-state index contributed by atoms with van der Waals surface area (Å²) in [6.07, 6.45) is 2.36. The van der Waals surface area contributed by atoms with Gasteiger partial charge in [-0.1, -0.05) is 0 Å². The Hall–Kier alpha value is -3.53. The van der Waals surface area contributed by atoms with Gasteiger partial charge in [0.15, 0.2) is 0 Å². The van der Waals surface area contributed by atoms with Crippen LogP contribution in [0.2, 0.25) is 0 Å². The van der Waals surface area contributed by atoms with Crippen molar-refractivity contribution < 1.29 is 48.0 Å². The molecule has 0 aliphatic carbocycles. The van der Waals surface area contributed by atoms with Crippen LogP contribution in [0.1, 0.15) is 122 Å². The lowest BCUT2D eigenvalue weighted by Crippen LogP contribution is -2.41. The topological polar surface area (TPSA) is 188 Å². The zero-order chi connectivity index (χ0) is 41.6. The Morgan fingerprint density at radius 2 is 0.741 bits per heavy atom. The van der Waals surface area contributed by atoms with Crippen molar-refractivity contribution in [3.8, 4) is 0 Å². The van der Waals surface area contributed by atoms with Crippen molar-refractivity contribution in [1.29, 1.82) is 0 Å². The second-order valence-electron chi connectivity index (χ2n) is 17.4. The minimum atomic E-state index is -1.11. The molecule has 0 aromatic heterocycles. The zero-order valence-corrected chi connectivity index (χ0v) is 35.5. The second kappa shape index (κ2) is 24.8. The van der Waals surface area contributed by atoms with Crippen LogP contribution >= 0.6 is 0 Å². The SMILES string of the molecule is CC(C)(C)OC(=O)NCCCN(CCCCN(CCCNC(=O)OC(C)(C)C)CCCN(CC(=O)O)C(=O)OC(C)(C)C)CCCNC(=O)OC(C)(C)C. The number of carbonyl (C=O) groups excluding carboxylic acids is 4. The van der Waals surface area contributed by atoms with E-state index in [0.29, 0.717) is 45.6 Å². The van der Waals surface area contributed by atoms with E-state index in [9.17, 15) is 29.1 Å². The van der Waals surface area contributed by atoms with Crippen molar-refractivity contribution in [1.82, 2.24) is 30.7 Å². The summed E-state index contributed by atoms with van der Waals surface area (Å²) in [5.41, 5.74) is -2.49. The van der Waals surface area contributed by atoms with Crippen LogP contribution in [0.3, 0.4) is 0 Å². The first-order valence-corrected chi connectivity index (χ1v) is 19.3. The summed E-state index contributed by atoms with van der Waals surface area (Å²) in [4.78, 5) is 66.3. The third-order valence-corrected chi connectivity index (χ3v) is 7.04. The van der Waals surface area contributed by atoms with Crippen LogP contribution in [-0.2, 0) is 23.7 Å². The van der Waals surface area contributed by atoms with Crippen LogP contribution in [0.5, 0.6) is 0 Å². The quantitative estimate of drug-likeness (QED) is 0.0720. The van der Waals surface area contributed by atoms with E-state index in [0.717, 1.165) is 51.9 Å². The fraction of sp³-hybridized carbons (Fsp3) is 0.868. The molecule has 0 atom stereocenters. The number of nitrogens with zero attached hydrogens (tertiary/aromatic N) is 3. The number of rotatable bonds is 23. The van der Waals surface area contributed by atoms with Crippen LogP contribution in [-0.4, -0.2) is 145 Å². The second-order valence-corrected chi connectivity index (χ2v) is 17.4. The molecule has 0 spiro atoms. The standard InChI is InChI=1S/C38H74N6O10/c1-35(2,3)51-31(47)39-19-15-24-42(25-16-20-40-32(48)52-36(4,5)6)22-13-14-23-43(26-17-21-41-33(49)53-37(7,8)9)27-18-28-44(29-30(45)46)34(50)54-38(10,11)12/h13-29H2,1-12H3,(H,39,47)(H,40,48)(H,41,49)(H,45,46). The molecular weight excluding hydrogens is 700 g/mol. The van der Waals surface area contributed by atoms with Gasteiger partial charge in [0, 0.05) is 26.2 Å². The number of hydrogen-bond acceptors (Lipinski definition) is 11. The molecule has 0 bridgehead atoms. The van der Waals surface area contributed by atoms with Gasteiger partial charge in [-0.15, -0.1) is 0 Å². The summed E-state index contributed by atoms with van der Waals surface area (Å²) in [6, 6.07) is 0. The number of carboxylic acids is 1. The number of nitrogens with one attached hydrogen (secondary N) is 3. The largest absolute Gasteiger partial charge is 0.480 e. The molecule has 54 heavy (non-hydrogen) atoms. The lowest BCUT2D eigenvalue weighted by Gasteiger charge is -2.28. The summed E-state index contributed by atoms with van der Waals surface area (Å²) < 4.78 is 21.4.